The lowest BCUT2D eigenvalue weighted by molar-refractivity contribution is 0.350. The average Bonchev–Trinajstić information content (AvgIpc) is 2.36. The summed E-state index contributed by atoms with van der Waals surface area (Å²) in [5.41, 5.74) is 1.22. The standard InChI is InChI=1S/C14H23NO2/c1-11(10-15-2)8-9-12-6-5-7-13(16-3)14(12)17-4/h5-7,11,15H,8-10H2,1-4H3. The van der Waals surface area contributed by atoms with Gasteiger partial charge in [0, 0.05) is 0 Å². The van der Waals surface area contributed by atoms with Crippen molar-refractivity contribution in [1.82, 2.24) is 5.32 Å². The lowest BCUT2D eigenvalue weighted by atomic mass is 10.00. The van der Waals surface area contributed by atoms with Crippen LogP contribution in [0.15, 0.2) is 18.2 Å². The summed E-state index contributed by atoms with van der Waals surface area (Å²) >= 11 is 0. The normalized spacial score (nSPS) is 12.2. The average molecular weight is 237 g/mol. The Kier molecular flexibility index (Phi) is 5.84. The summed E-state index contributed by atoms with van der Waals surface area (Å²) in [6.45, 7) is 3.30. The van der Waals surface area contributed by atoms with Crippen LogP contribution in [-0.2, 0) is 6.42 Å². The molecular formula is C14H23NO2. The fraction of sp³-hybridized carbons (Fsp3) is 0.571. The van der Waals surface area contributed by atoms with Crippen molar-refractivity contribution in [3.05, 3.63) is 23.8 Å². The van der Waals surface area contributed by atoms with Gasteiger partial charge in [0.25, 0.3) is 0 Å². The predicted molar refractivity (Wildman–Crippen MR) is 71.0 cm³/mol. The molecule has 1 unspecified atom stereocenters. The molecule has 17 heavy (non-hydrogen) atoms. The minimum atomic E-state index is 0.663. The van der Waals surface area contributed by atoms with Crippen LogP contribution in [0.1, 0.15) is 18.9 Å². The van der Waals surface area contributed by atoms with Crippen LogP contribution in [-0.4, -0.2) is 27.8 Å². The third-order valence-corrected chi connectivity index (χ3v) is 2.94. The molecule has 0 aliphatic heterocycles. The second-order valence-corrected chi connectivity index (χ2v) is 4.35. The van der Waals surface area contributed by atoms with Gasteiger partial charge in [-0.25, -0.2) is 0 Å². The Labute approximate surface area is 104 Å². The number of hydrogen-bond donors (Lipinski definition) is 1. The molecule has 0 aliphatic carbocycles. The molecule has 3 nitrogen and oxygen atoms in total. The zero-order valence-corrected chi connectivity index (χ0v) is 11.2. The van der Waals surface area contributed by atoms with Crippen molar-refractivity contribution >= 4 is 0 Å². The van der Waals surface area contributed by atoms with Crippen LogP contribution < -0.4 is 14.8 Å². The van der Waals surface area contributed by atoms with E-state index in [4.69, 9.17) is 9.47 Å². The van der Waals surface area contributed by atoms with Crippen molar-refractivity contribution in [1.29, 1.82) is 0 Å². The van der Waals surface area contributed by atoms with Gasteiger partial charge in [0.1, 0.15) is 0 Å². The van der Waals surface area contributed by atoms with Gasteiger partial charge in [-0.2, -0.15) is 0 Å². The monoisotopic (exact) mass is 237 g/mol. The summed E-state index contributed by atoms with van der Waals surface area (Å²) in [6.07, 6.45) is 2.16. The summed E-state index contributed by atoms with van der Waals surface area (Å²) in [4.78, 5) is 0. The van der Waals surface area contributed by atoms with Crippen molar-refractivity contribution in [3.8, 4) is 11.5 Å². The fourth-order valence-corrected chi connectivity index (χ4v) is 2.00. The van der Waals surface area contributed by atoms with E-state index in [1.165, 1.54) is 5.56 Å². The Bertz CT molecular complexity index is 339. The Morgan fingerprint density at radius 1 is 1.24 bits per heavy atom. The van der Waals surface area contributed by atoms with E-state index in [1.807, 2.05) is 19.2 Å². The molecule has 1 N–H and O–H groups in total. The summed E-state index contributed by atoms with van der Waals surface area (Å²) < 4.78 is 10.7. The first kappa shape index (κ1) is 13.8. The van der Waals surface area contributed by atoms with Gasteiger partial charge in [-0.1, -0.05) is 19.1 Å². The first-order valence-electron chi connectivity index (χ1n) is 6.07. The van der Waals surface area contributed by atoms with Crippen LogP contribution in [0.25, 0.3) is 0 Å². The Morgan fingerprint density at radius 2 is 2.00 bits per heavy atom. The molecule has 0 spiro atoms. The van der Waals surface area contributed by atoms with E-state index in [1.54, 1.807) is 14.2 Å². The van der Waals surface area contributed by atoms with E-state index in [-0.39, 0.29) is 0 Å². The maximum Gasteiger partial charge on any atom is 0.163 e. The van der Waals surface area contributed by atoms with Crippen molar-refractivity contribution in [2.75, 3.05) is 27.8 Å². The van der Waals surface area contributed by atoms with Gasteiger partial charge in [0.15, 0.2) is 11.5 Å². The number of rotatable bonds is 7. The molecule has 0 aromatic heterocycles. The van der Waals surface area contributed by atoms with E-state index in [0.29, 0.717) is 5.92 Å². The SMILES string of the molecule is CNCC(C)CCc1cccc(OC)c1OC. The minimum Gasteiger partial charge on any atom is -0.493 e. The highest BCUT2D eigenvalue weighted by Crippen LogP contribution is 2.31. The number of ether oxygens (including phenoxy) is 2. The largest absolute Gasteiger partial charge is 0.493 e. The van der Waals surface area contributed by atoms with Gasteiger partial charge in [-0.3, -0.25) is 0 Å². The molecule has 1 rings (SSSR count). The van der Waals surface area contributed by atoms with Crippen molar-refractivity contribution < 1.29 is 9.47 Å². The van der Waals surface area contributed by atoms with E-state index in [9.17, 15) is 0 Å². The van der Waals surface area contributed by atoms with Crippen LogP contribution in [0.3, 0.4) is 0 Å². The number of benzene rings is 1. The lowest BCUT2D eigenvalue weighted by Gasteiger charge is -2.14. The molecule has 1 aromatic rings. The molecule has 0 bridgehead atoms. The molecule has 0 saturated heterocycles. The second-order valence-electron chi connectivity index (χ2n) is 4.35. The number of aryl methyl sites for hydroxylation is 1. The molecular weight excluding hydrogens is 214 g/mol. The first-order valence-corrected chi connectivity index (χ1v) is 6.07. The molecule has 96 valence electrons. The van der Waals surface area contributed by atoms with Gasteiger partial charge in [0.2, 0.25) is 0 Å². The maximum absolute atomic E-state index is 5.42. The zero-order valence-electron chi connectivity index (χ0n) is 11.2. The van der Waals surface area contributed by atoms with Gasteiger partial charge in [0.05, 0.1) is 14.2 Å². The zero-order chi connectivity index (χ0) is 12.7. The molecule has 0 radical (unpaired) electrons. The molecule has 1 aromatic carbocycles. The van der Waals surface area contributed by atoms with Crippen LogP contribution in [0.2, 0.25) is 0 Å². The summed E-state index contributed by atoms with van der Waals surface area (Å²) in [6, 6.07) is 6.05. The van der Waals surface area contributed by atoms with Gasteiger partial charge >= 0.3 is 0 Å². The molecule has 0 aliphatic rings. The number of hydrogen-bond acceptors (Lipinski definition) is 3. The van der Waals surface area contributed by atoms with E-state index < -0.39 is 0 Å². The topological polar surface area (TPSA) is 30.5 Å². The quantitative estimate of drug-likeness (QED) is 0.790. The van der Waals surface area contributed by atoms with Crippen LogP contribution >= 0.6 is 0 Å². The van der Waals surface area contributed by atoms with E-state index >= 15 is 0 Å². The predicted octanol–water partition coefficient (Wildman–Crippen LogP) is 2.49. The molecule has 0 fully saturated rings. The van der Waals surface area contributed by atoms with Crippen LogP contribution in [0.4, 0.5) is 0 Å². The van der Waals surface area contributed by atoms with Crippen molar-refractivity contribution in [3.63, 3.8) is 0 Å². The second kappa shape index (κ2) is 7.17. The number of para-hydroxylation sites is 1. The Hall–Kier alpha value is -1.22. The molecule has 0 saturated carbocycles. The first-order chi connectivity index (χ1) is 8.22. The molecule has 3 heteroatoms. The highest BCUT2D eigenvalue weighted by Gasteiger charge is 2.10. The van der Waals surface area contributed by atoms with Crippen LogP contribution in [0, 0.1) is 5.92 Å². The van der Waals surface area contributed by atoms with Crippen LogP contribution in [0.5, 0.6) is 11.5 Å². The third kappa shape index (κ3) is 3.93. The van der Waals surface area contributed by atoms with Gasteiger partial charge in [-0.15, -0.1) is 0 Å². The summed E-state index contributed by atoms with van der Waals surface area (Å²) in [5.74, 6) is 2.34. The fourth-order valence-electron chi connectivity index (χ4n) is 2.00. The number of methoxy groups -OCH3 is 2. The van der Waals surface area contributed by atoms with Crippen molar-refractivity contribution in [2.24, 2.45) is 5.92 Å². The van der Waals surface area contributed by atoms with E-state index in [0.717, 1.165) is 30.9 Å². The van der Waals surface area contributed by atoms with Gasteiger partial charge in [-0.05, 0) is 44.0 Å². The van der Waals surface area contributed by atoms with E-state index in [2.05, 4.69) is 18.3 Å². The lowest BCUT2D eigenvalue weighted by Crippen LogP contribution is -2.16. The Balaban J connectivity index is 2.70. The maximum atomic E-state index is 5.42. The molecule has 0 heterocycles. The van der Waals surface area contributed by atoms with Crippen molar-refractivity contribution in [2.45, 2.75) is 19.8 Å². The molecule has 0 amide bonds. The number of nitrogens with one attached hydrogen (secondary N) is 1. The smallest absolute Gasteiger partial charge is 0.163 e. The third-order valence-electron chi connectivity index (χ3n) is 2.94. The highest BCUT2D eigenvalue weighted by atomic mass is 16.5. The minimum absolute atomic E-state index is 0.663. The molecule has 1 atom stereocenters. The summed E-state index contributed by atoms with van der Waals surface area (Å²) in [5, 5.41) is 3.20. The Morgan fingerprint density at radius 3 is 2.59 bits per heavy atom. The highest BCUT2D eigenvalue weighted by molar-refractivity contribution is 5.46. The van der Waals surface area contributed by atoms with Gasteiger partial charge < -0.3 is 14.8 Å². The summed E-state index contributed by atoms with van der Waals surface area (Å²) in [7, 11) is 5.35.